The molecule has 1 aliphatic rings. The van der Waals surface area contributed by atoms with Crippen molar-refractivity contribution in [2.75, 3.05) is 0 Å². The zero-order valence-corrected chi connectivity index (χ0v) is 12.0. The Kier molecular flexibility index (Phi) is 7.40. The van der Waals surface area contributed by atoms with Crippen molar-refractivity contribution in [3.8, 4) is 0 Å². The Morgan fingerprint density at radius 1 is 1.11 bits per heavy atom. The molecule has 18 heavy (non-hydrogen) atoms. The second-order valence-electron chi connectivity index (χ2n) is 5.22. The van der Waals surface area contributed by atoms with E-state index in [-0.39, 0.29) is 0 Å². The van der Waals surface area contributed by atoms with Crippen LogP contribution in [-0.4, -0.2) is 12.3 Å². The second kappa shape index (κ2) is 8.91. The van der Waals surface area contributed by atoms with Gasteiger partial charge >= 0.3 is 0 Å². The largest absolute Gasteiger partial charge is 0.293 e. The summed E-state index contributed by atoms with van der Waals surface area (Å²) in [4.78, 5) is 4.80. The molecule has 1 nitrogen and oxygen atoms in total. The standard InChI is InChI=1S/C17H27N/c1-4-11-16(3)17-13-10-8-6-5-7-9-12-15(2)14-18-17/h4,7-11,14-17H,5-6,12-13H2,1-3H3/b9-7-,10-8-,11-4?,18-14?. The van der Waals surface area contributed by atoms with Gasteiger partial charge in [0.25, 0.3) is 0 Å². The Labute approximate surface area is 112 Å². The molecule has 0 saturated heterocycles. The zero-order chi connectivity index (χ0) is 13.2. The molecule has 0 fully saturated rings. The van der Waals surface area contributed by atoms with Crippen LogP contribution in [0.15, 0.2) is 41.4 Å². The molecule has 0 aromatic rings. The van der Waals surface area contributed by atoms with Crippen LogP contribution in [0, 0.1) is 11.8 Å². The van der Waals surface area contributed by atoms with Gasteiger partial charge in [-0.2, -0.15) is 0 Å². The van der Waals surface area contributed by atoms with Crippen LogP contribution in [-0.2, 0) is 0 Å². The molecular formula is C17H27N. The Balaban J connectivity index is 2.72. The van der Waals surface area contributed by atoms with Crippen molar-refractivity contribution in [1.82, 2.24) is 0 Å². The molecule has 1 rings (SSSR count). The Morgan fingerprint density at radius 2 is 1.78 bits per heavy atom. The molecule has 1 heteroatoms. The molecule has 0 saturated carbocycles. The smallest absolute Gasteiger partial charge is 0.0590 e. The Hall–Kier alpha value is -1.11. The lowest BCUT2D eigenvalue weighted by Gasteiger charge is -2.16. The lowest BCUT2D eigenvalue weighted by Crippen LogP contribution is -2.14. The minimum atomic E-state index is 0.392. The molecule has 0 radical (unpaired) electrons. The highest BCUT2D eigenvalue weighted by atomic mass is 14.8. The van der Waals surface area contributed by atoms with E-state index < -0.39 is 0 Å². The summed E-state index contributed by atoms with van der Waals surface area (Å²) in [5, 5.41) is 0. The fraction of sp³-hybridized carbons (Fsp3) is 0.588. The van der Waals surface area contributed by atoms with Crippen molar-refractivity contribution in [3.05, 3.63) is 36.5 Å². The van der Waals surface area contributed by atoms with Gasteiger partial charge in [-0.25, -0.2) is 0 Å². The highest BCUT2D eigenvalue weighted by molar-refractivity contribution is 5.60. The molecular weight excluding hydrogens is 218 g/mol. The van der Waals surface area contributed by atoms with E-state index in [2.05, 4.69) is 63.4 Å². The predicted molar refractivity (Wildman–Crippen MR) is 82.2 cm³/mol. The van der Waals surface area contributed by atoms with Crippen LogP contribution < -0.4 is 0 Å². The average molecular weight is 245 g/mol. The first-order valence-electron chi connectivity index (χ1n) is 7.20. The lowest BCUT2D eigenvalue weighted by molar-refractivity contribution is 0.544. The number of hydrogen-bond acceptors (Lipinski definition) is 1. The van der Waals surface area contributed by atoms with E-state index >= 15 is 0 Å². The lowest BCUT2D eigenvalue weighted by atomic mass is 9.98. The van der Waals surface area contributed by atoms with E-state index in [1.807, 2.05) is 0 Å². The van der Waals surface area contributed by atoms with Gasteiger partial charge in [0.1, 0.15) is 0 Å². The highest BCUT2D eigenvalue weighted by Crippen LogP contribution is 2.15. The van der Waals surface area contributed by atoms with Gasteiger partial charge in [-0.3, -0.25) is 4.99 Å². The Morgan fingerprint density at radius 3 is 2.44 bits per heavy atom. The van der Waals surface area contributed by atoms with Crippen molar-refractivity contribution in [3.63, 3.8) is 0 Å². The minimum Gasteiger partial charge on any atom is -0.293 e. The molecule has 0 amide bonds. The summed E-state index contributed by atoms with van der Waals surface area (Å²) < 4.78 is 0. The highest BCUT2D eigenvalue weighted by Gasteiger charge is 2.11. The van der Waals surface area contributed by atoms with Gasteiger partial charge in [0, 0.05) is 6.21 Å². The first kappa shape index (κ1) is 14.9. The van der Waals surface area contributed by atoms with Gasteiger partial charge in [0.05, 0.1) is 6.04 Å². The molecule has 1 heterocycles. The fourth-order valence-electron chi connectivity index (χ4n) is 2.14. The van der Waals surface area contributed by atoms with Crippen LogP contribution >= 0.6 is 0 Å². The molecule has 0 aromatic heterocycles. The molecule has 0 aromatic carbocycles. The van der Waals surface area contributed by atoms with Crippen molar-refractivity contribution in [2.24, 2.45) is 16.8 Å². The van der Waals surface area contributed by atoms with Crippen molar-refractivity contribution >= 4 is 6.21 Å². The van der Waals surface area contributed by atoms with E-state index in [9.17, 15) is 0 Å². The average Bonchev–Trinajstić information content (AvgIpc) is 2.34. The molecule has 1 aliphatic heterocycles. The normalized spacial score (nSPS) is 31.5. The van der Waals surface area contributed by atoms with Crippen LogP contribution in [0.5, 0.6) is 0 Å². The van der Waals surface area contributed by atoms with Gasteiger partial charge in [-0.1, -0.05) is 50.3 Å². The van der Waals surface area contributed by atoms with Crippen molar-refractivity contribution < 1.29 is 0 Å². The molecule has 0 aliphatic carbocycles. The summed E-state index contributed by atoms with van der Waals surface area (Å²) in [6.07, 6.45) is 20.2. The summed E-state index contributed by atoms with van der Waals surface area (Å²) in [5.74, 6) is 1.06. The third kappa shape index (κ3) is 6.00. The summed E-state index contributed by atoms with van der Waals surface area (Å²) in [5.41, 5.74) is 0. The van der Waals surface area contributed by atoms with Crippen molar-refractivity contribution in [1.29, 1.82) is 0 Å². The van der Waals surface area contributed by atoms with Crippen LogP contribution in [0.4, 0.5) is 0 Å². The van der Waals surface area contributed by atoms with E-state index in [0.29, 0.717) is 17.9 Å². The second-order valence-corrected chi connectivity index (χ2v) is 5.22. The van der Waals surface area contributed by atoms with Gasteiger partial charge in [0.15, 0.2) is 0 Å². The van der Waals surface area contributed by atoms with Gasteiger partial charge in [-0.05, 0) is 44.4 Å². The van der Waals surface area contributed by atoms with Crippen LogP contribution in [0.2, 0.25) is 0 Å². The number of rotatable bonds is 2. The zero-order valence-electron chi connectivity index (χ0n) is 12.0. The quantitative estimate of drug-likeness (QED) is 0.610. The summed E-state index contributed by atoms with van der Waals surface area (Å²) >= 11 is 0. The summed E-state index contributed by atoms with van der Waals surface area (Å²) in [6.45, 7) is 6.58. The Bertz CT molecular complexity index is 323. The van der Waals surface area contributed by atoms with Gasteiger partial charge in [0.2, 0.25) is 0 Å². The summed E-state index contributed by atoms with van der Waals surface area (Å²) in [6, 6.07) is 0.392. The third-order valence-corrected chi connectivity index (χ3v) is 3.35. The first-order valence-corrected chi connectivity index (χ1v) is 7.20. The predicted octanol–water partition coefficient (Wildman–Crippen LogP) is 4.96. The van der Waals surface area contributed by atoms with Crippen molar-refractivity contribution in [2.45, 2.75) is 52.5 Å². The maximum Gasteiger partial charge on any atom is 0.0590 e. The number of hydrogen-bond donors (Lipinski definition) is 0. The van der Waals surface area contributed by atoms with E-state index in [4.69, 9.17) is 4.99 Å². The first-order chi connectivity index (χ1) is 8.74. The molecule has 0 spiro atoms. The fourth-order valence-corrected chi connectivity index (χ4v) is 2.14. The van der Waals surface area contributed by atoms with Crippen LogP contribution in [0.3, 0.4) is 0 Å². The molecule has 3 atom stereocenters. The van der Waals surface area contributed by atoms with E-state index in [1.54, 1.807) is 0 Å². The molecule has 0 bridgehead atoms. The maximum absolute atomic E-state index is 4.80. The monoisotopic (exact) mass is 245 g/mol. The molecule has 0 N–H and O–H groups in total. The number of allylic oxidation sites excluding steroid dienone is 4. The minimum absolute atomic E-state index is 0.392. The van der Waals surface area contributed by atoms with Crippen LogP contribution in [0.1, 0.15) is 46.5 Å². The SMILES string of the molecule is CC=CC(C)C1C/C=C\CC/C=C\CC(C)C=N1. The topological polar surface area (TPSA) is 12.4 Å². The molecule has 100 valence electrons. The van der Waals surface area contributed by atoms with Crippen LogP contribution in [0.25, 0.3) is 0 Å². The number of aliphatic imine (C=N–C) groups is 1. The molecule has 3 unspecified atom stereocenters. The van der Waals surface area contributed by atoms with Gasteiger partial charge < -0.3 is 0 Å². The van der Waals surface area contributed by atoms with Gasteiger partial charge in [-0.15, -0.1) is 0 Å². The van der Waals surface area contributed by atoms with E-state index in [0.717, 1.165) is 25.7 Å². The maximum atomic E-state index is 4.80. The summed E-state index contributed by atoms with van der Waals surface area (Å²) in [7, 11) is 0. The number of nitrogens with zero attached hydrogens (tertiary/aromatic N) is 1. The third-order valence-electron chi connectivity index (χ3n) is 3.35. The van der Waals surface area contributed by atoms with E-state index in [1.165, 1.54) is 0 Å².